The number of hydrogen-bond donors (Lipinski definition) is 1. The number of hydrogen-bond acceptors (Lipinski definition) is 6. The first-order valence-electron chi connectivity index (χ1n) is 8.80. The zero-order valence-electron chi connectivity index (χ0n) is 16.9. The number of rotatable bonds is 4. The van der Waals surface area contributed by atoms with Gasteiger partial charge in [0.1, 0.15) is 5.60 Å². The number of alkyl carbamates (subject to hydrolysis) is 1. The summed E-state index contributed by atoms with van der Waals surface area (Å²) in [6.07, 6.45) is 4.20. The molecule has 9 heteroatoms. The maximum atomic E-state index is 12.0. The van der Waals surface area contributed by atoms with E-state index in [0.717, 1.165) is 0 Å². The minimum atomic E-state index is -0.649. The number of aromatic nitrogens is 2. The number of amides is 1. The van der Waals surface area contributed by atoms with Crippen molar-refractivity contribution < 1.29 is 18.8 Å². The minimum Gasteiger partial charge on any atom is -0.444 e. The molecule has 1 aromatic rings. The molecule has 0 spiro atoms. The topological polar surface area (TPSA) is 82.6 Å². The monoisotopic (exact) mass is 395 g/mol. The molecule has 0 aliphatic carbocycles. The molecule has 0 unspecified atom stereocenters. The van der Waals surface area contributed by atoms with Gasteiger partial charge >= 0.3 is 13.2 Å². The van der Waals surface area contributed by atoms with Crippen LogP contribution in [0.15, 0.2) is 17.9 Å². The molecule has 1 saturated heterocycles. The highest BCUT2D eigenvalue weighted by atomic mass is 35.5. The van der Waals surface area contributed by atoms with Crippen molar-refractivity contribution in [1.29, 1.82) is 0 Å². The molecule has 0 atom stereocenters. The van der Waals surface area contributed by atoms with Crippen LogP contribution in [0.2, 0.25) is 5.02 Å². The third-order valence-corrected chi connectivity index (χ3v) is 4.54. The van der Waals surface area contributed by atoms with Gasteiger partial charge < -0.3 is 19.4 Å². The molecule has 1 amide bonds. The molecule has 0 aromatic carbocycles. The van der Waals surface area contributed by atoms with Crippen molar-refractivity contribution in [2.24, 2.45) is 0 Å². The van der Waals surface area contributed by atoms with Crippen LogP contribution in [-0.4, -0.2) is 46.5 Å². The molecule has 0 bridgehead atoms. The summed E-state index contributed by atoms with van der Waals surface area (Å²) in [4.78, 5) is 20.4. The molecule has 2 heterocycles. The first-order chi connectivity index (χ1) is 12.3. The van der Waals surface area contributed by atoms with E-state index in [9.17, 15) is 4.79 Å². The van der Waals surface area contributed by atoms with Crippen LogP contribution >= 0.6 is 11.6 Å². The van der Waals surface area contributed by atoms with Gasteiger partial charge in [0.05, 0.1) is 16.2 Å². The van der Waals surface area contributed by atoms with Crippen molar-refractivity contribution in [2.45, 2.75) is 65.3 Å². The summed E-state index contributed by atoms with van der Waals surface area (Å²) in [6, 6.07) is 0. The number of halogens is 1. The van der Waals surface area contributed by atoms with Gasteiger partial charge in [-0.2, -0.15) is 0 Å². The van der Waals surface area contributed by atoms with Crippen LogP contribution in [0.1, 0.15) is 54.3 Å². The Balaban J connectivity index is 2.22. The van der Waals surface area contributed by atoms with Crippen molar-refractivity contribution >= 4 is 30.9 Å². The Morgan fingerprint density at radius 1 is 1.22 bits per heavy atom. The Labute approximate surface area is 166 Å². The zero-order valence-corrected chi connectivity index (χ0v) is 17.7. The van der Waals surface area contributed by atoms with Gasteiger partial charge in [0.25, 0.3) is 0 Å². The lowest BCUT2D eigenvalue weighted by Crippen LogP contribution is -2.41. The lowest BCUT2D eigenvalue weighted by atomic mass is 9.77. The number of nitrogens with one attached hydrogen (secondary N) is 1. The van der Waals surface area contributed by atoms with Crippen molar-refractivity contribution in [3.63, 3.8) is 0 Å². The van der Waals surface area contributed by atoms with Gasteiger partial charge in [-0.3, -0.25) is 0 Å². The van der Waals surface area contributed by atoms with Gasteiger partial charge in [0, 0.05) is 18.9 Å². The second-order valence-corrected chi connectivity index (χ2v) is 8.86. The first kappa shape index (κ1) is 21.7. The van der Waals surface area contributed by atoms with Crippen molar-refractivity contribution in [1.82, 2.24) is 15.3 Å². The molecule has 1 fully saturated rings. The van der Waals surface area contributed by atoms with Crippen LogP contribution in [0.5, 0.6) is 0 Å². The molecule has 27 heavy (non-hydrogen) atoms. The van der Waals surface area contributed by atoms with Crippen LogP contribution in [0.4, 0.5) is 4.79 Å². The smallest absolute Gasteiger partial charge is 0.444 e. The summed E-state index contributed by atoms with van der Waals surface area (Å²) < 4.78 is 17.5. The Morgan fingerprint density at radius 2 is 1.74 bits per heavy atom. The van der Waals surface area contributed by atoms with Crippen molar-refractivity contribution in [2.75, 3.05) is 6.54 Å². The van der Waals surface area contributed by atoms with E-state index in [1.807, 2.05) is 27.7 Å². The van der Waals surface area contributed by atoms with E-state index in [0.29, 0.717) is 16.3 Å². The normalized spacial score (nSPS) is 19.1. The number of carbonyl (C=O) groups excluding carboxylic acids is 1. The highest BCUT2D eigenvalue weighted by molar-refractivity contribution is 6.55. The van der Waals surface area contributed by atoms with Gasteiger partial charge in [-0.1, -0.05) is 11.6 Å². The highest BCUT2D eigenvalue weighted by Gasteiger charge is 2.52. The Hall–Kier alpha value is -1.64. The average molecular weight is 396 g/mol. The van der Waals surface area contributed by atoms with E-state index in [-0.39, 0.29) is 6.54 Å². The van der Waals surface area contributed by atoms with Crippen LogP contribution < -0.4 is 5.32 Å². The molecule has 1 aliphatic heterocycles. The fourth-order valence-corrected chi connectivity index (χ4v) is 2.35. The molecule has 1 N–H and O–H groups in total. The predicted octanol–water partition coefficient (Wildman–Crippen LogP) is 3.67. The van der Waals surface area contributed by atoms with E-state index in [1.165, 1.54) is 12.4 Å². The molecule has 1 aliphatic rings. The number of carbonyl (C=O) groups is 1. The van der Waals surface area contributed by atoms with E-state index >= 15 is 0 Å². The molecule has 1 aromatic heterocycles. The molecule has 2 rings (SSSR count). The van der Waals surface area contributed by atoms with E-state index < -0.39 is 30.0 Å². The first-order valence-corrected chi connectivity index (χ1v) is 9.17. The Kier molecular flexibility index (Phi) is 6.24. The summed E-state index contributed by atoms with van der Waals surface area (Å²) >= 11 is 5.85. The lowest BCUT2D eigenvalue weighted by molar-refractivity contribution is 0.00578. The van der Waals surface area contributed by atoms with E-state index in [2.05, 4.69) is 15.3 Å². The standard InChI is InChI=1S/C18H27BClN3O4/c1-16(2,3)25-15(24)23-9-12(8-14-21-10-13(20)11-22-14)19-26-17(4,5)18(6,7)27-19/h8,10-11H,9H2,1-7H3,(H,23,24). The molecule has 148 valence electrons. The van der Waals surface area contributed by atoms with E-state index in [1.54, 1.807) is 26.8 Å². The highest BCUT2D eigenvalue weighted by Crippen LogP contribution is 2.38. The van der Waals surface area contributed by atoms with E-state index in [4.69, 9.17) is 25.6 Å². The second kappa shape index (κ2) is 7.77. The SMILES string of the molecule is CC(C)(C)OC(=O)NCC(=Cc1ncc(Cl)cn1)B1OC(C)(C)C(C)(C)O1. The summed E-state index contributed by atoms with van der Waals surface area (Å²) in [5.74, 6) is 0.440. The molecular formula is C18H27BClN3O4. The summed E-state index contributed by atoms with van der Waals surface area (Å²) in [5.41, 5.74) is -0.938. The maximum Gasteiger partial charge on any atom is 0.492 e. The van der Waals surface area contributed by atoms with Gasteiger partial charge in [-0.25, -0.2) is 14.8 Å². The maximum absolute atomic E-state index is 12.0. The predicted molar refractivity (Wildman–Crippen MR) is 105 cm³/mol. The van der Waals surface area contributed by atoms with Crippen LogP contribution in [0.3, 0.4) is 0 Å². The van der Waals surface area contributed by atoms with Gasteiger partial charge in [-0.05, 0) is 60.0 Å². The Bertz CT molecular complexity index is 698. The van der Waals surface area contributed by atoms with Crippen molar-refractivity contribution in [3.8, 4) is 0 Å². The summed E-state index contributed by atoms with van der Waals surface area (Å²) in [5, 5.41) is 3.17. The van der Waals surface area contributed by atoms with Crippen LogP contribution in [0, 0.1) is 0 Å². The molecule has 7 nitrogen and oxygen atoms in total. The fraction of sp³-hybridized carbons (Fsp3) is 0.611. The molecule has 0 radical (unpaired) electrons. The van der Waals surface area contributed by atoms with Crippen molar-refractivity contribution in [3.05, 3.63) is 28.7 Å². The van der Waals surface area contributed by atoms with Crippen LogP contribution in [0.25, 0.3) is 6.08 Å². The second-order valence-electron chi connectivity index (χ2n) is 8.42. The fourth-order valence-electron chi connectivity index (χ4n) is 2.25. The van der Waals surface area contributed by atoms with Crippen LogP contribution in [-0.2, 0) is 14.0 Å². The van der Waals surface area contributed by atoms with Gasteiger partial charge in [0.15, 0.2) is 5.82 Å². The molecular weight excluding hydrogens is 368 g/mol. The van der Waals surface area contributed by atoms with Gasteiger partial charge in [-0.15, -0.1) is 0 Å². The number of nitrogens with zero attached hydrogens (tertiary/aromatic N) is 2. The molecule has 0 saturated carbocycles. The average Bonchev–Trinajstić information content (AvgIpc) is 2.72. The quantitative estimate of drug-likeness (QED) is 0.783. The summed E-state index contributed by atoms with van der Waals surface area (Å²) in [6.45, 7) is 13.4. The lowest BCUT2D eigenvalue weighted by Gasteiger charge is -2.32. The third kappa shape index (κ3) is 5.92. The number of ether oxygens (including phenoxy) is 1. The zero-order chi connectivity index (χ0) is 20.5. The summed E-state index contributed by atoms with van der Waals surface area (Å²) in [7, 11) is -0.649. The third-order valence-electron chi connectivity index (χ3n) is 4.35. The largest absolute Gasteiger partial charge is 0.492 e. The minimum absolute atomic E-state index is 0.164. The Morgan fingerprint density at radius 3 is 2.22 bits per heavy atom. The van der Waals surface area contributed by atoms with Gasteiger partial charge in [0.2, 0.25) is 0 Å².